The van der Waals surface area contributed by atoms with Crippen molar-refractivity contribution >= 4 is 11.5 Å². The van der Waals surface area contributed by atoms with Gasteiger partial charge in [-0.3, -0.25) is 4.79 Å². The number of hydrogen-bond acceptors (Lipinski definition) is 2. The number of nitrogen functional groups attached to an aromatic ring is 1. The number of carbonyl (C=O) groups excluding carboxylic acids is 1. The molecule has 0 amide bonds. The minimum absolute atomic E-state index is 0.0833. The fourth-order valence-electron chi connectivity index (χ4n) is 2.88. The van der Waals surface area contributed by atoms with Crippen LogP contribution in [0.15, 0.2) is 30.3 Å². The number of aromatic nitrogens is 1. The van der Waals surface area contributed by atoms with Gasteiger partial charge in [0, 0.05) is 23.5 Å². The van der Waals surface area contributed by atoms with E-state index >= 15 is 0 Å². The van der Waals surface area contributed by atoms with Crippen molar-refractivity contribution in [1.82, 2.24) is 4.57 Å². The Morgan fingerprint density at radius 2 is 1.91 bits per heavy atom. The molecule has 0 saturated carbocycles. The van der Waals surface area contributed by atoms with Crippen LogP contribution in [-0.2, 0) is 19.4 Å². The van der Waals surface area contributed by atoms with Gasteiger partial charge in [-0.15, -0.1) is 0 Å². The van der Waals surface area contributed by atoms with Crippen LogP contribution in [0.5, 0.6) is 0 Å². The van der Waals surface area contributed by atoms with Crippen molar-refractivity contribution in [1.29, 1.82) is 0 Å². The van der Waals surface area contributed by atoms with Crippen LogP contribution in [0.2, 0.25) is 0 Å². The molecule has 0 bridgehead atoms. The molecule has 0 fully saturated rings. The van der Waals surface area contributed by atoms with Crippen LogP contribution in [0.1, 0.15) is 60.9 Å². The number of rotatable bonds is 7. The van der Waals surface area contributed by atoms with Gasteiger partial charge >= 0.3 is 0 Å². The van der Waals surface area contributed by atoms with Crippen molar-refractivity contribution in [2.75, 3.05) is 5.73 Å². The first-order chi connectivity index (χ1) is 10.6. The highest BCUT2D eigenvalue weighted by molar-refractivity contribution is 6.09. The molecule has 3 nitrogen and oxygen atoms in total. The van der Waals surface area contributed by atoms with Crippen LogP contribution in [0, 0.1) is 0 Å². The molecule has 0 aliphatic heterocycles. The molecule has 1 aromatic heterocycles. The lowest BCUT2D eigenvalue weighted by Gasteiger charge is -2.13. The fourth-order valence-corrected chi connectivity index (χ4v) is 2.88. The average Bonchev–Trinajstić information content (AvgIpc) is 2.89. The number of benzene rings is 1. The first kappa shape index (κ1) is 16.3. The average molecular weight is 298 g/mol. The molecule has 0 radical (unpaired) electrons. The smallest absolute Gasteiger partial charge is 0.209 e. The largest absolute Gasteiger partial charge is 0.399 e. The van der Waals surface area contributed by atoms with Crippen molar-refractivity contribution in [2.45, 2.75) is 53.0 Å². The number of carbonyl (C=O) groups is 1. The van der Waals surface area contributed by atoms with Gasteiger partial charge in [0.2, 0.25) is 5.78 Å². The number of aryl methyl sites for hydroxylation is 2. The summed E-state index contributed by atoms with van der Waals surface area (Å²) >= 11 is 0. The van der Waals surface area contributed by atoms with E-state index in [0.717, 1.165) is 43.5 Å². The van der Waals surface area contributed by atoms with Gasteiger partial charge in [-0.2, -0.15) is 0 Å². The Labute approximate surface area is 133 Å². The second kappa shape index (κ2) is 7.30. The Morgan fingerprint density at radius 1 is 1.14 bits per heavy atom. The van der Waals surface area contributed by atoms with Gasteiger partial charge in [-0.05, 0) is 43.0 Å². The van der Waals surface area contributed by atoms with Crippen molar-refractivity contribution in [3.8, 4) is 0 Å². The summed E-state index contributed by atoms with van der Waals surface area (Å²) in [7, 11) is 0. The number of nitrogens with zero attached hydrogens (tertiary/aromatic N) is 1. The Kier molecular flexibility index (Phi) is 5.42. The van der Waals surface area contributed by atoms with Crippen molar-refractivity contribution < 1.29 is 4.79 Å². The molecular weight excluding hydrogens is 272 g/mol. The Morgan fingerprint density at radius 3 is 2.50 bits per heavy atom. The molecule has 22 heavy (non-hydrogen) atoms. The predicted molar refractivity (Wildman–Crippen MR) is 92.4 cm³/mol. The summed E-state index contributed by atoms with van der Waals surface area (Å²) in [5, 5.41) is 0. The number of nitrogens with two attached hydrogens (primary N) is 1. The zero-order valence-electron chi connectivity index (χ0n) is 13.9. The maximum absolute atomic E-state index is 13.0. The molecular formula is C19H26N2O. The maximum atomic E-state index is 13.0. The summed E-state index contributed by atoms with van der Waals surface area (Å²) in [4.78, 5) is 13.0. The zero-order chi connectivity index (χ0) is 16.1. The second-order valence-electron chi connectivity index (χ2n) is 5.68. The van der Waals surface area contributed by atoms with Gasteiger partial charge in [0.25, 0.3) is 0 Å². The van der Waals surface area contributed by atoms with E-state index in [1.54, 1.807) is 6.07 Å². The van der Waals surface area contributed by atoms with Crippen LogP contribution < -0.4 is 5.73 Å². The molecule has 2 rings (SSSR count). The van der Waals surface area contributed by atoms with E-state index in [1.165, 1.54) is 5.69 Å². The topological polar surface area (TPSA) is 48.0 Å². The Balaban J connectivity index is 2.51. The highest BCUT2D eigenvalue weighted by Crippen LogP contribution is 2.23. The Bertz CT molecular complexity index is 655. The van der Waals surface area contributed by atoms with E-state index < -0.39 is 0 Å². The summed E-state index contributed by atoms with van der Waals surface area (Å²) in [6.07, 6.45) is 4.02. The molecule has 2 N–H and O–H groups in total. The molecule has 3 heteroatoms. The van der Waals surface area contributed by atoms with E-state index in [1.807, 2.05) is 18.2 Å². The first-order valence-electron chi connectivity index (χ1n) is 8.23. The third kappa shape index (κ3) is 3.24. The quantitative estimate of drug-likeness (QED) is 0.614. The van der Waals surface area contributed by atoms with Gasteiger partial charge in [-0.1, -0.05) is 39.3 Å². The number of hydrogen-bond donors (Lipinski definition) is 1. The third-order valence-corrected chi connectivity index (χ3v) is 4.10. The van der Waals surface area contributed by atoms with Crippen LogP contribution in [0.4, 0.5) is 5.69 Å². The van der Waals surface area contributed by atoms with Crippen LogP contribution >= 0.6 is 0 Å². The van der Waals surface area contributed by atoms with Gasteiger partial charge in [0.15, 0.2) is 0 Å². The van der Waals surface area contributed by atoms with E-state index in [-0.39, 0.29) is 5.78 Å². The maximum Gasteiger partial charge on any atom is 0.209 e. The zero-order valence-corrected chi connectivity index (χ0v) is 13.9. The minimum Gasteiger partial charge on any atom is -0.399 e. The van der Waals surface area contributed by atoms with Gasteiger partial charge in [0.05, 0.1) is 5.69 Å². The molecule has 1 heterocycles. The van der Waals surface area contributed by atoms with Crippen molar-refractivity contribution in [3.63, 3.8) is 0 Å². The Hall–Kier alpha value is -2.03. The standard InChI is InChI=1S/C19H26N2O/c1-4-7-11-21-17(6-3)13-14(5-2)18(21)19(22)15-9-8-10-16(20)12-15/h8-10,12-13H,4-7,11,20H2,1-3H3. The third-order valence-electron chi connectivity index (χ3n) is 4.10. The van der Waals surface area contributed by atoms with Crippen molar-refractivity contribution in [3.05, 3.63) is 52.8 Å². The first-order valence-corrected chi connectivity index (χ1v) is 8.23. The van der Waals surface area contributed by atoms with E-state index in [0.29, 0.717) is 11.3 Å². The van der Waals surface area contributed by atoms with Gasteiger partial charge in [0.1, 0.15) is 0 Å². The molecule has 1 aromatic carbocycles. The van der Waals surface area contributed by atoms with E-state index in [2.05, 4.69) is 31.4 Å². The lowest BCUT2D eigenvalue weighted by Crippen LogP contribution is -2.14. The fraction of sp³-hybridized carbons (Fsp3) is 0.421. The molecule has 118 valence electrons. The van der Waals surface area contributed by atoms with Gasteiger partial charge < -0.3 is 10.3 Å². The van der Waals surface area contributed by atoms with Crippen LogP contribution in [-0.4, -0.2) is 10.4 Å². The molecule has 0 saturated heterocycles. The summed E-state index contributed by atoms with van der Waals surface area (Å²) in [6, 6.07) is 9.46. The SMILES string of the molecule is CCCCn1c(CC)cc(CC)c1C(=O)c1cccc(N)c1. The van der Waals surface area contributed by atoms with E-state index in [9.17, 15) is 4.79 Å². The second-order valence-corrected chi connectivity index (χ2v) is 5.68. The molecule has 0 aliphatic carbocycles. The minimum atomic E-state index is 0.0833. The molecule has 2 aromatic rings. The number of ketones is 1. The molecule has 0 spiro atoms. The molecule has 0 aliphatic rings. The summed E-state index contributed by atoms with van der Waals surface area (Å²) in [6.45, 7) is 7.33. The highest BCUT2D eigenvalue weighted by Gasteiger charge is 2.20. The highest BCUT2D eigenvalue weighted by atomic mass is 16.1. The van der Waals surface area contributed by atoms with Crippen molar-refractivity contribution in [2.24, 2.45) is 0 Å². The van der Waals surface area contributed by atoms with Crippen LogP contribution in [0.25, 0.3) is 0 Å². The molecule has 0 unspecified atom stereocenters. The van der Waals surface area contributed by atoms with E-state index in [4.69, 9.17) is 5.73 Å². The normalized spacial score (nSPS) is 10.9. The summed E-state index contributed by atoms with van der Waals surface area (Å²) < 4.78 is 2.22. The number of unbranched alkanes of at least 4 members (excludes halogenated alkanes) is 1. The van der Waals surface area contributed by atoms with Crippen LogP contribution in [0.3, 0.4) is 0 Å². The monoisotopic (exact) mass is 298 g/mol. The number of anilines is 1. The lowest BCUT2D eigenvalue weighted by molar-refractivity contribution is 0.102. The lowest BCUT2D eigenvalue weighted by atomic mass is 10.0. The summed E-state index contributed by atoms with van der Waals surface area (Å²) in [5.41, 5.74) is 10.4. The molecule has 0 atom stereocenters. The summed E-state index contributed by atoms with van der Waals surface area (Å²) in [5.74, 6) is 0.0833. The van der Waals surface area contributed by atoms with Gasteiger partial charge in [-0.25, -0.2) is 0 Å². The predicted octanol–water partition coefficient (Wildman–Crippen LogP) is 4.23.